The minimum atomic E-state index is -0.827. The van der Waals surface area contributed by atoms with Crippen molar-refractivity contribution < 1.29 is 19.7 Å². The Hall–Kier alpha value is -2.17. The van der Waals surface area contributed by atoms with E-state index in [-0.39, 0.29) is 25.1 Å². The van der Waals surface area contributed by atoms with Crippen molar-refractivity contribution in [2.75, 3.05) is 13.2 Å². The van der Waals surface area contributed by atoms with Gasteiger partial charge in [0.1, 0.15) is 6.10 Å². The highest BCUT2D eigenvalue weighted by atomic mass is 16.6. The molecule has 0 aromatic rings. The van der Waals surface area contributed by atoms with Gasteiger partial charge in [-0.2, -0.15) is 0 Å². The SMILES string of the molecule is CCC=CCC=CCC=CCC=CCC=CCC=CCC(CCC)C(=O)OC(CO)CO. The second-order valence-electron chi connectivity index (χ2n) is 7.56. The lowest BCUT2D eigenvalue weighted by Crippen LogP contribution is -2.29. The van der Waals surface area contributed by atoms with E-state index in [2.05, 4.69) is 73.8 Å². The Kier molecular flexibility index (Phi) is 21.9. The summed E-state index contributed by atoms with van der Waals surface area (Å²) in [6, 6.07) is 0. The van der Waals surface area contributed by atoms with Gasteiger partial charge in [-0.1, -0.05) is 93.2 Å². The zero-order valence-electron chi connectivity index (χ0n) is 20.1. The van der Waals surface area contributed by atoms with Crippen LogP contribution in [0.2, 0.25) is 0 Å². The van der Waals surface area contributed by atoms with Gasteiger partial charge in [-0.25, -0.2) is 0 Å². The maximum atomic E-state index is 12.2. The van der Waals surface area contributed by atoms with Crippen LogP contribution in [0.4, 0.5) is 0 Å². The molecule has 4 heteroatoms. The number of carbonyl (C=O) groups is 1. The lowest BCUT2D eigenvalue weighted by Gasteiger charge is -2.18. The third-order valence-corrected chi connectivity index (χ3v) is 4.68. The third-order valence-electron chi connectivity index (χ3n) is 4.68. The topological polar surface area (TPSA) is 66.8 Å². The first-order valence-electron chi connectivity index (χ1n) is 12.0. The first-order valence-corrected chi connectivity index (χ1v) is 12.0. The average molecular weight is 445 g/mol. The van der Waals surface area contributed by atoms with Gasteiger partial charge < -0.3 is 14.9 Å². The minimum absolute atomic E-state index is 0.231. The molecule has 0 aliphatic rings. The summed E-state index contributed by atoms with van der Waals surface area (Å²) in [4.78, 5) is 12.2. The predicted molar refractivity (Wildman–Crippen MR) is 135 cm³/mol. The molecule has 0 fully saturated rings. The Bertz CT molecular complexity index is 607. The van der Waals surface area contributed by atoms with E-state index < -0.39 is 6.10 Å². The zero-order valence-corrected chi connectivity index (χ0v) is 20.1. The van der Waals surface area contributed by atoms with E-state index in [0.717, 1.165) is 51.4 Å². The van der Waals surface area contributed by atoms with Crippen LogP contribution in [0.5, 0.6) is 0 Å². The number of carbonyl (C=O) groups excluding carboxylic acids is 1. The molecule has 0 saturated carbocycles. The Balaban J connectivity index is 3.98. The van der Waals surface area contributed by atoms with E-state index in [1.54, 1.807) is 0 Å². The highest BCUT2D eigenvalue weighted by Gasteiger charge is 2.21. The van der Waals surface area contributed by atoms with Gasteiger partial charge in [-0.3, -0.25) is 4.79 Å². The Morgan fingerprint density at radius 1 is 0.688 bits per heavy atom. The van der Waals surface area contributed by atoms with Crippen LogP contribution in [0, 0.1) is 5.92 Å². The van der Waals surface area contributed by atoms with Crippen LogP contribution >= 0.6 is 0 Å². The van der Waals surface area contributed by atoms with Crippen molar-refractivity contribution in [3.8, 4) is 0 Å². The molecule has 0 bridgehead atoms. The number of allylic oxidation sites excluding steroid dienone is 12. The molecule has 0 aromatic heterocycles. The smallest absolute Gasteiger partial charge is 0.309 e. The number of hydrogen-bond donors (Lipinski definition) is 2. The number of esters is 1. The van der Waals surface area contributed by atoms with E-state index >= 15 is 0 Å². The molecule has 0 amide bonds. The molecule has 0 spiro atoms. The number of rotatable bonds is 19. The van der Waals surface area contributed by atoms with Crippen molar-refractivity contribution in [1.29, 1.82) is 0 Å². The molecular weight excluding hydrogens is 400 g/mol. The minimum Gasteiger partial charge on any atom is -0.457 e. The summed E-state index contributed by atoms with van der Waals surface area (Å²) in [5, 5.41) is 18.1. The number of hydrogen-bond acceptors (Lipinski definition) is 4. The van der Waals surface area contributed by atoms with Crippen LogP contribution in [-0.4, -0.2) is 35.5 Å². The molecule has 180 valence electrons. The van der Waals surface area contributed by atoms with Gasteiger partial charge in [0.05, 0.1) is 19.1 Å². The van der Waals surface area contributed by atoms with Gasteiger partial charge in [0.15, 0.2) is 0 Å². The molecule has 0 radical (unpaired) electrons. The fraction of sp³-hybridized carbons (Fsp3) is 0.536. The predicted octanol–water partition coefficient (Wildman–Crippen LogP) is 6.39. The molecule has 0 rings (SSSR count). The van der Waals surface area contributed by atoms with Crippen LogP contribution in [0.1, 0.15) is 71.6 Å². The molecule has 1 atom stereocenters. The maximum absolute atomic E-state index is 12.2. The molecule has 2 N–H and O–H groups in total. The van der Waals surface area contributed by atoms with Gasteiger partial charge in [-0.05, 0) is 51.4 Å². The van der Waals surface area contributed by atoms with Crippen molar-refractivity contribution in [3.05, 3.63) is 72.9 Å². The van der Waals surface area contributed by atoms with E-state index in [4.69, 9.17) is 14.9 Å². The molecule has 1 unspecified atom stereocenters. The second kappa shape index (κ2) is 23.5. The molecule has 0 aromatic carbocycles. The second-order valence-corrected chi connectivity index (χ2v) is 7.56. The van der Waals surface area contributed by atoms with E-state index in [1.165, 1.54) is 0 Å². The molecular formula is C28H44O4. The first kappa shape index (κ1) is 29.8. The zero-order chi connectivity index (χ0) is 23.7. The van der Waals surface area contributed by atoms with Crippen LogP contribution in [-0.2, 0) is 9.53 Å². The van der Waals surface area contributed by atoms with Crippen LogP contribution < -0.4 is 0 Å². The fourth-order valence-corrected chi connectivity index (χ4v) is 2.86. The molecule has 0 heterocycles. The Labute approximate surface area is 195 Å². The monoisotopic (exact) mass is 444 g/mol. The lowest BCUT2D eigenvalue weighted by atomic mass is 9.99. The highest BCUT2D eigenvalue weighted by molar-refractivity contribution is 5.72. The molecule has 4 nitrogen and oxygen atoms in total. The summed E-state index contributed by atoms with van der Waals surface area (Å²) in [5.74, 6) is -0.579. The normalized spacial score (nSPS) is 13.9. The van der Waals surface area contributed by atoms with E-state index in [1.807, 2.05) is 13.0 Å². The van der Waals surface area contributed by atoms with Crippen LogP contribution in [0.25, 0.3) is 0 Å². The summed E-state index contributed by atoms with van der Waals surface area (Å²) in [6.07, 6.45) is 33.0. The van der Waals surface area contributed by atoms with Crippen molar-refractivity contribution in [2.24, 2.45) is 5.92 Å². The van der Waals surface area contributed by atoms with Crippen molar-refractivity contribution in [2.45, 2.75) is 77.7 Å². The fourth-order valence-electron chi connectivity index (χ4n) is 2.86. The van der Waals surface area contributed by atoms with Crippen molar-refractivity contribution >= 4 is 5.97 Å². The van der Waals surface area contributed by atoms with E-state index in [9.17, 15) is 4.79 Å². The summed E-state index contributed by atoms with van der Waals surface area (Å²) in [5.41, 5.74) is 0. The van der Waals surface area contributed by atoms with Gasteiger partial charge in [0, 0.05) is 0 Å². The summed E-state index contributed by atoms with van der Waals surface area (Å²) in [7, 11) is 0. The molecule has 0 saturated heterocycles. The number of ether oxygens (including phenoxy) is 1. The number of aliphatic hydroxyl groups excluding tert-OH is 2. The third kappa shape index (κ3) is 18.6. The van der Waals surface area contributed by atoms with Gasteiger partial charge in [0.25, 0.3) is 0 Å². The summed E-state index contributed by atoms with van der Waals surface area (Å²) >= 11 is 0. The highest BCUT2D eigenvalue weighted by Crippen LogP contribution is 2.15. The Morgan fingerprint density at radius 3 is 1.47 bits per heavy atom. The summed E-state index contributed by atoms with van der Waals surface area (Å²) in [6.45, 7) is 3.45. The summed E-state index contributed by atoms with van der Waals surface area (Å²) < 4.78 is 5.15. The van der Waals surface area contributed by atoms with E-state index in [0.29, 0.717) is 6.42 Å². The standard InChI is InChI=1S/C28H44O4/c1-3-5-6-7-8-9-10-11-12-13-14-15-16-17-18-19-20-21-23-26(22-4-2)28(31)32-27(24-29)25-30/h5-6,8-9,11-12,14-15,17-18,20-21,26-27,29-30H,3-4,7,10,13,16,19,22-25H2,1-2H3. The Morgan fingerprint density at radius 2 is 1.09 bits per heavy atom. The van der Waals surface area contributed by atoms with Crippen molar-refractivity contribution in [3.63, 3.8) is 0 Å². The largest absolute Gasteiger partial charge is 0.457 e. The molecule has 32 heavy (non-hydrogen) atoms. The molecule has 0 aliphatic carbocycles. The van der Waals surface area contributed by atoms with Gasteiger partial charge >= 0.3 is 5.97 Å². The molecule has 0 aliphatic heterocycles. The van der Waals surface area contributed by atoms with Crippen molar-refractivity contribution in [1.82, 2.24) is 0 Å². The van der Waals surface area contributed by atoms with Crippen LogP contribution in [0.3, 0.4) is 0 Å². The lowest BCUT2D eigenvalue weighted by molar-refractivity contribution is -0.158. The first-order chi connectivity index (χ1) is 15.7. The average Bonchev–Trinajstić information content (AvgIpc) is 2.80. The maximum Gasteiger partial charge on any atom is 0.309 e. The van der Waals surface area contributed by atoms with Gasteiger partial charge in [-0.15, -0.1) is 0 Å². The van der Waals surface area contributed by atoms with Crippen LogP contribution in [0.15, 0.2) is 72.9 Å². The quantitative estimate of drug-likeness (QED) is 0.179. The van der Waals surface area contributed by atoms with Gasteiger partial charge in [0.2, 0.25) is 0 Å². The number of aliphatic hydroxyl groups is 2.